The standard InChI is InChI=1S/C16H24N2O2/c1-17(2)9-4-10-18-12-14(11-16(18)19)13-5-7-15(20-3)8-6-13/h5-8,14H,4,9-12H2,1-3H3/t14-/m0/s1. The smallest absolute Gasteiger partial charge is 0.223 e. The number of benzene rings is 1. The van der Waals surface area contributed by atoms with Crippen molar-refractivity contribution in [1.29, 1.82) is 0 Å². The molecule has 1 atom stereocenters. The monoisotopic (exact) mass is 276 g/mol. The molecule has 1 fully saturated rings. The maximum atomic E-state index is 12.0. The summed E-state index contributed by atoms with van der Waals surface area (Å²) < 4.78 is 5.17. The molecule has 4 heteroatoms. The second kappa shape index (κ2) is 6.75. The number of carbonyl (C=O) groups is 1. The van der Waals surface area contributed by atoms with Gasteiger partial charge < -0.3 is 14.5 Å². The normalized spacial score (nSPS) is 18.9. The van der Waals surface area contributed by atoms with Gasteiger partial charge in [0.05, 0.1) is 7.11 Å². The third-order valence-electron chi connectivity index (χ3n) is 3.84. The molecule has 0 aliphatic carbocycles. The fraction of sp³-hybridized carbons (Fsp3) is 0.562. The van der Waals surface area contributed by atoms with Crippen molar-refractivity contribution >= 4 is 5.91 Å². The van der Waals surface area contributed by atoms with Crippen molar-refractivity contribution in [2.75, 3.05) is 40.8 Å². The van der Waals surface area contributed by atoms with Crippen LogP contribution in [0.4, 0.5) is 0 Å². The molecule has 0 radical (unpaired) electrons. The zero-order chi connectivity index (χ0) is 14.5. The Kier molecular flexibility index (Phi) is 5.01. The van der Waals surface area contributed by atoms with Crippen LogP contribution in [-0.2, 0) is 4.79 Å². The summed E-state index contributed by atoms with van der Waals surface area (Å²) in [5.74, 6) is 1.47. The second-order valence-corrected chi connectivity index (χ2v) is 5.67. The van der Waals surface area contributed by atoms with Crippen molar-refractivity contribution in [3.05, 3.63) is 29.8 Å². The number of hydrogen-bond acceptors (Lipinski definition) is 3. The van der Waals surface area contributed by atoms with E-state index in [-0.39, 0.29) is 5.91 Å². The Bertz CT molecular complexity index is 442. The minimum absolute atomic E-state index is 0.282. The van der Waals surface area contributed by atoms with Crippen molar-refractivity contribution < 1.29 is 9.53 Å². The van der Waals surface area contributed by atoms with Crippen molar-refractivity contribution in [2.45, 2.75) is 18.8 Å². The first-order chi connectivity index (χ1) is 9.60. The summed E-state index contributed by atoms with van der Waals surface area (Å²) in [5.41, 5.74) is 1.23. The molecule has 110 valence electrons. The van der Waals surface area contributed by atoms with Gasteiger partial charge in [0.2, 0.25) is 5.91 Å². The van der Waals surface area contributed by atoms with Gasteiger partial charge in [-0.05, 0) is 44.8 Å². The molecule has 1 amide bonds. The van der Waals surface area contributed by atoms with E-state index >= 15 is 0 Å². The van der Waals surface area contributed by atoms with E-state index in [0.29, 0.717) is 12.3 Å². The number of rotatable bonds is 6. The molecule has 0 N–H and O–H groups in total. The quantitative estimate of drug-likeness (QED) is 0.796. The van der Waals surface area contributed by atoms with E-state index in [0.717, 1.165) is 31.8 Å². The highest BCUT2D eigenvalue weighted by Crippen LogP contribution is 2.29. The van der Waals surface area contributed by atoms with Gasteiger partial charge in [-0.2, -0.15) is 0 Å². The number of hydrogen-bond donors (Lipinski definition) is 0. The summed E-state index contributed by atoms with van der Waals surface area (Å²) in [6.07, 6.45) is 1.67. The third kappa shape index (κ3) is 3.73. The lowest BCUT2D eigenvalue weighted by Gasteiger charge is -2.18. The van der Waals surface area contributed by atoms with Crippen LogP contribution in [0.2, 0.25) is 0 Å². The van der Waals surface area contributed by atoms with E-state index in [1.54, 1.807) is 7.11 Å². The van der Waals surface area contributed by atoms with Gasteiger partial charge in [0, 0.05) is 25.4 Å². The van der Waals surface area contributed by atoms with E-state index < -0.39 is 0 Å². The largest absolute Gasteiger partial charge is 0.497 e. The minimum atomic E-state index is 0.282. The summed E-state index contributed by atoms with van der Waals surface area (Å²) in [5, 5.41) is 0. The van der Waals surface area contributed by atoms with Gasteiger partial charge in [0.15, 0.2) is 0 Å². The Morgan fingerprint density at radius 1 is 1.30 bits per heavy atom. The maximum absolute atomic E-state index is 12.0. The molecular weight excluding hydrogens is 252 g/mol. The molecule has 1 aliphatic heterocycles. The van der Waals surface area contributed by atoms with E-state index in [1.165, 1.54) is 5.56 Å². The molecule has 20 heavy (non-hydrogen) atoms. The van der Waals surface area contributed by atoms with Crippen LogP contribution in [0.5, 0.6) is 5.75 Å². The maximum Gasteiger partial charge on any atom is 0.223 e. The fourth-order valence-electron chi connectivity index (χ4n) is 2.67. The molecule has 0 spiro atoms. The highest BCUT2D eigenvalue weighted by molar-refractivity contribution is 5.79. The number of amides is 1. The Morgan fingerprint density at radius 2 is 2.00 bits per heavy atom. The fourth-order valence-corrected chi connectivity index (χ4v) is 2.67. The molecule has 1 aromatic rings. The average Bonchev–Trinajstić information content (AvgIpc) is 2.80. The summed E-state index contributed by atoms with van der Waals surface area (Å²) in [4.78, 5) is 16.2. The molecule has 0 saturated carbocycles. The summed E-state index contributed by atoms with van der Waals surface area (Å²) in [6, 6.07) is 8.07. The molecule has 1 aromatic carbocycles. The van der Waals surface area contributed by atoms with Gasteiger partial charge >= 0.3 is 0 Å². The van der Waals surface area contributed by atoms with Crippen LogP contribution in [-0.4, -0.2) is 56.5 Å². The van der Waals surface area contributed by atoms with Crippen LogP contribution >= 0.6 is 0 Å². The van der Waals surface area contributed by atoms with Crippen LogP contribution < -0.4 is 4.74 Å². The van der Waals surface area contributed by atoms with Crippen molar-refractivity contribution in [2.24, 2.45) is 0 Å². The Hall–Kier alpha value is -1.55. The predicted octanol–water partition coefficient (Wildman–Crippen LogP) is 1.96. The van der Waals surface area contributed by atoms with Crippen LogP contribution in [0.15, 0.2) is 24.3 Å². The van der Waals surface area contributed by atoms with Gasteiger partial charge in [-0.15, -0.1) is 0 Å². The van der Waals surface area contributed by atoms with E-state index in [1.807, 2.05) is 17.0 Å². The van der Waals surface area contributed by atoms with Crippen LogP contribution in [0.1, 0.15) is 24.3 Å². The number of nitrogens with zero attached hydrogens (tertiary/aromatic N) is 2. The Balaban J connectivity index is 1.90. The third-order valence-corrected chi connectivity index (χ3v) is 3.84. The first-order valence-electron chi connectivity index (χ1n) is 7.16. The Morgan fingerprint density at radius 3 is 2.60 bits per heavy atom. The van der Waals surface area contributed by atoms with Crippen LogP contribution in [0.3, 0.4) is 0 Å². The lowest BCUT2D eigenvalue weighted by molar-refractivity contribution is -0.127. The first-order valence-corrected chi connectivity index (χ1v) is 7.16. The summed E-state index contributed by atoms with van der Waals surface area (Å²) >= 11 is 0. The summed E-state index contributed by atoms with van der Waals surface area (Å²) in [6.45, 7) is 2.74. The van der Waals surface area contributed by atoms with E-state index in [4.69, 9.17) is 4.74 Å². The highest BCUT2D eigenvalue weighted by Gasteiger charge is 2.30. The zero-order valence-electron chi connectivity index (χ0n) is 12.6. The molecular formula is C16H24N2O2. The number of ether oxygens (including phenoxy) is 1. The Labute approximate surface area is 121 Å². The van der Waals surface area contributed by atoms with Gasteiger partial charge in [-0.1, -0.05) is 12.1 Å². The van der Waals surface area contributed by atoms with Crippen molar-refractivity contribution in [3.8, 4) is 5.75 Å². The lowest BCUT2D eigenvalue weighted by Crippen LogP contribution is -2.28. The minimum Gasteiger partial charge on any atom is -0.497 e. The number of carbonyl (C=O) groups excluding carboxylic acids is 1. The number of methoxy groups -OCH3 is 1. The lowest BCUT2D eigenvalue weighted by atomic mass is 9.98. The van der Waals surface area contributed by atoms with Gasteiger partial charge in [0.25, 0.3) is 0 Å². The van der Waals surface area contributed by atoms with Crippen molar-refractivity contribution in [1.82, 2.24) is 9.80 Å². The van der Waals surface area contributed by atoms with Crippen LogP contribution in [0, 0.1) is 0 Å². The molecule has 1 aliphatic rings. The topological polar surface area (TPSA) is 32.8 Å². The molecule has 4 nitrogen and oxygen atoms in total. The van der Waals surface area contributed by atoms with Gasteiger partial charge in [-0.25, -0.2) is 0 Å². The van der Waals surface area contributed by atoms with Gasteiger partial charge in [-0.3, -0.25) is 4.79 Å². The SMILES string of the molecule is COc1ccc([C@H]2CC(=O)N(CCCN(C)C)C2)cc1. The molecule has 0 aromatic heterocycles. The van der Waals surface area contributed by atoms with Crippen LogP contribution in [0.25, 0.3) is 0 Å². The first kappa shape index (κ1) is 14.9. The molecule has 1 heterocycles. The summed E-state index contributed by atoms with van der Waals surface area (Å²) in [7, 11) is 5.79. The molecule has 0 unspecified atom stereocenters. The van der Waals surface area contributed by atoms with E-state index in [9.17, 15) is 4.79 Å². The average molecular weight is 276 g/mol. The molecule has 2 rings (SSSR count). The second-order valence-electron chi connectivity index (χ2n) is 5.67. The van der Waals surface area contributed by atoms with E-state index in [2.05, 4.69) is 31.1 Å². The van der Waals surface area contributed by atoms with Gasteiger partial charge in [0.1, 0.15) is 5.75 Å². The van der Waals surface area contributed by atoms with Crippen molar-refractivity contribution in [3.63, 3.8) is 0 Å². The molecule has 0 bridgehead atoms. The number of likely N-dealkylation sites (tertiary alicyclic amines) is 1. The zero-order valence-corrected chi connectivity index (χ0v) is 12.6. The highest BCUT2D eigenvalue weighted by atomic mass is 16.5. The molecule has 1 saturated heterocycles. The predicted molar refractivity (Wildman–Crippen MR) is 80.1 cm³/mol.